The summed E-state index contributed by atoms with van der Waals surface area (Å²) >= 11 is 0. The highest BCUT2D eigenvalue weighted by Crippen LogP contribution is 2.23. The maximum atomic E-state index is 13.8. The molecular formula is C12H10F2N4O3. The summed E-state index contributed by atoms with van der Waals surface area (Å²) in [5, 5.41) is 19.1. The van der Waals surface area contributed by atoms with Crippen LogP contribution in [0.15, 0.2) is 18.2 Å². The van der Waals surface area contributed by atoms with Crippen LogP contribution in [0.5, 0.6) is 0 Å². The molecule has 110 valence electrons. The van der Waals surface area contributed by atoms with Gasteiger partial charge in [-0.3, -0.25) is 20.0 Å². The van der Waals surface area contributed by atoms with Crippen molar-refractivity contribution in [2.45, 2.75) is 13.3 Å². The number of hydrogen-bond donors (Lipinski definition) is 2. The second kappa shape index (κ2) is 5.65. The summed E-state index contributed by atoms with van der Waals surface area (Å²) in [5.74, 6) is -3.80. The molecule has 0 unspecified atom stereocenters. The molecule has 0 bridgehead atoms. The van der Waals surface area contributed by atoms with E-state index in [9.17, 15) is 23.7 Å². The first-order chi connectivity index (χ1) is 9.93. The van der Waals surface area contributed by atoms with Gasteiger partial charge < -0.3 is 5.32 Å². The fraction of sp³-hybridized carbons (Fsp3) is 0.167. The van der Waals surface area contributed by atoms with Crippen molar-refractivity contribution in [2.75, 3.05) is 5.32 Å². The highest BCUT2D eigenvalue weighted by Gasteiger charge is 2.26. The number of rotatable bonds is 4. The van der Waals surface area contributed by atoms with Crippen LogP contribution in [0, 0.1) is 21.7 Å². The standard InChI is InChI=1S/C12H10F2N4O3/c1-2-6-5-9(17-16-6)15-12(19)10-7(13)3-4-8(11(10)14)18(20)21/h3-5H,2H2,1H3,(H2,15,16,17,19). The topological polar surface area (TPSA) is 101 Å². The van der Waals surface area contributed by atoms with E-state index in [-0.39, 0.29) is 5.82 Å². The highest BCUT2D eigenvalue weighted by atomic mass is 19.1. The number of carbonyl (C=O) groups is 1. The van der Waals surface area contributed by atoms with Gasteiger partial charge in [-0.2, -0.15) is 9.49 Å². The molecule has 0 atom stereocenters. The van der Waals surface area contributed by atoms with E-state index in [0.717, 1.165) is 0 Å². The molecule has 0 aliphatic carbocycles. The molecule has 1 aromatic heterocycles. The Balaban J connectivity index is 2.34. The summed E-state index contributed by atoms with van der Waals surface area (Å²) in [6.45, 7) is 1.85. The van der Waals surface area contributed by atoms with Gasteiger partial charge in [-0.15, -0.1) is 0 Å². The molecule has 0 saturated heterocycles. The van der Waals surface area contributed by atoms with E-state index in [1.54, 1.807) is 0 Å². The first-order valence-corrected chi connectivity index (χ1v) is 5.92. The van der Waals surface area contributed by atoms with Crippen LogP contribution in [0.3, 0.4) is 0 Å². The number of benzene rings is 1. The average Bonchev–Trinajstić information content (AvgIpc) is 2.85. The van der Waals surface area contributed by atoms with Crippen molar-refractivity contribution in [1.82, 2.24) is 10.2 Å². The van der Waals surface area contributed by atoms with Crippen molar-refractivity contribution in [3.63, 3.8) is 0 Å². The molecule has 7 nitrogen and oxygen atoms in total. The first kappa shape index (κ1) is 14.6. The van der Waals surface area contributed by atoms with E-state index in [1.165, 1.54) is 6.07 Å². The lowest BCUT2D eigenvalue weighted by Gasteiger charge is -2.05. The predicted molar refractivity (Wildman–Crippen MR) is 68.9 cm³/mol. The number of hydrogen-bond acceptors (Lipinski definition) is 4. The van der Waals surface area contributed by atoms with Gasteiger partial charge >= 0.3 is 5.69 Å². The molecule has 1 amide bonds. The van der Waals surface area contributed by atoms with Crippen molar-refractivity contribution < 1.29 is 18.5 Å². The normalized spacial score (nSPS) is 10.4. The van der Waals surface area contributed by atoms with Crippen LogP contribution in [0.25, 0.3) is 0 Å². The van der Waals surface area contributed by atoms with E-state index in [1.807, 2.05) is 6.92 Å². The zero-order chi connectivity index (χ0) is 15.6. The maximum absolute atomic E-state index is 13.8. The van der Waals surface area contributed by atoms with Gasteiger partial charge in [0, 0.05) is 17.8 Å². The first-order valence-electron chi connectivity index (χ1n) is 5.92. The van der Waals surface area contributed by atoms with Crippen molar-refractivity contribution in [1.29, 1.82) is 0 Å². The number of aromatic nitrogens is 2. The lowest BCUT2D eigenvalue weighted by molar-refractivity contribution is -0.387. The Morgan fingerprint density at radius 3 is 2.76 bits per heavy atom. The summed E-state index contributed by atoms with van der Waals surface area (Å²) < 4.78 is 27.4. The van der Waals surface area contributed by atoms with Crippen LogP contribution in [0.4, 0.5) is 20.3 Å². The van der Waals surface area contributed by atoms with E-state index in [2.05, 4.69) is 15.5 Å². The SMILES string of the molecule is CCc1cc(NC(=O)c2c(F)ccc([N+](=O)[O-])c2F)n[nH]1. The molecular weight excluding hydrogens is 286 g/mol. The van der Waals surface area contributed by atoms with Crippen LogP contribution in [-0.2, 0) is 6.42 Å². The van der Waals surface area contributed by atoms with Gasteiger partial charge in [0.15, 0.2) is 5.82 Å². The molecule has 1 aromatic carbocycles. The second-order valence-corrected chi connectivity index (χ2v) is 4.10. The number of halogens is 2. The highest BCUT2D eigenvalue weighted by molar-refractivity contribution is 6.04. The number of carbonyl (C=O) groups excluding carboxylic acids is 1. The molecule has 0 spiro atoms. The molecule has 9 heteroatoms. The number of nitrogens with one attached hydrogen (secondary N) is 2. The Bertz CT molecular complexity index is 715. The van der Waals surface area contributed by atoms with Crippen molar-refractivity contribution in [3.05, 3.63) is 51.2 Å². The molecule has 2 N–H and O–H groups in total. The van der Waals surface area contributed by atoms with E-state index in [4.69, 9.17) is 0 Å². The van der Waals surface area contributed by atoms with Crippen LogP contribution in [0.2, 0.25) is 0 Å². The van der Waals surface area contributed by atoms with Gasteiger partial charge in [-0.1, -0.05) is 6.92 Å². The Morgan fingerprint density at radius 1 is 1.48 bits per heavy atom. The summed E-state index contributed by atoms with van der Waals surface area (Å²) in [5.41, 5.74) is -1.28. The predicted octanol–water partition coefficient (Wildman–Crippen LogP) is 2.41. The summed E-state index contributed by atoms with van der Waals surface area (Å²) in [7, 11) is 0. The van der Waals surface area contributed by atoms with Gasteiger partial charge in [-0.05, 0) is 12.5 Å². The quantitative estimate of drug-likeness (QED) is 0.668. The third-order valence-electron chi connectivity index (χ3n) is 2.75. The van der Waals surface area contributed by atoms with Gasteiger partial charge in [0.25, 0.3) is 5.91 Å². The fourth-order valence-corrected chi connectivity index (χ4v) is 1.68. The number of nitro groups is 1. The Kier molecular flexibility index (Phi) is 3.92. The number of aromatic amines is 1. The molecule has 0 saturated carbocycles. The molecule has 0 aliphatic rings. The van der Waals surface area contributed by atoms with Crippen molar-refractivity contribution in [3.8, 4) is 0 Å². The Morgan fingerprint density at radius 2 is 2.19 bits per heavy atom. The summed E-state index contributed by atoms with van der Waals surface area (Å²) in [6.07, 6.45) is 0.627. The minimum absolute atomic E-state index is 0.0714. The fourth-order valence-electron chi connectivity index (χ4n) is 1.68. The maximum Gasteiger partial charge on any atom is 0.305 e. The van der Waals surface area contributed by atoms with E-state index >= 15 is 0 Å². The number of amides is 1. The summed E-state index contributed by atoms with van der Waals surface area (Å²) in [6, 6.07) is 2.81. The Hall–Kier alpha value is -2.84. The molecule has 0 aliphatic heterocycles. The summed E-state index contributed by atoms with van der Waals surface area (Å²) in [4.78, 5) is 21.4. The molecule has 1 heterocycles. The third kappa shape index (κ3) is 2.86. The van der Waals surface area contributed by atoms with Gasteiger partial charge in [0.2, 0.25) is 5.82 Å². The molecule has 0 radical (unpaired) electrons. The lowest BCUT2D eigenvalue weighted by atomic mass is 10.1. The molecule has 2 aromatic rings. The zero-order valence-corrected chi connectivity index (χ0v) is 10.8. The van der Waals surface area contributed by atoms with E-state index in [0.29, 0.717) is 24.2 Å². The monoisotopic (exact) mass is 296 g/mol. The molecule has 2 rings (SSSR count). The number of anilines is 1. The van der Waals surface area contributed by atoms with E-state index < -0.39 is 33.7 Å². The lowest BCUT2D eigenvalue weighted by Crippen LogP contribution is -2.17. The molecule has 0 fully saturated rings. The van der Waals surface area contributed by atoms with Crippen LogP contribution < -0.4 is 5.32 Å². The zero-order valence-electron chi connectivity index (χ0n) is 10.8. The largest absolute Gasteiger partial charge is 0.305 e. The number of H-pyrrole nitrogens is 1. The van der Waals surface area contributed by atoms with Crippen molar-refractivity contribution >= 4 is 17.4 Å². The van der Waals surface area contributed by atoms with Gasteiger partial charge in [0.05, 0.1) is 4.92 Å². The number of nitrogens with zero attached hydrogens (tertiary/aromatic N) is 2. The minimum Gasteiger partial charge on any atom is -0.305 e. The van der Waals surface area contributed by atoms with Crippen LogP contribution >= 0.6 is 0 Å². The number of aryl methyl sites for hydroxylation is 1. The Labute approximate surface area is 117 Å². The second-order valence-electron chi connectivity index (χ2n) is 4.10. The molecule has 21 heavy (non-hydrogen) atoms. The smallest absolute Gasteiger partial charge is 0.305 e. The average molecular weight is 296 g/mol. The van der Waals surface area contributed by atoms with Gasteiger partial charge in [-0.25, -0.2) is 4.39 Å². The third-order valence-corrected chi connectivity index (χ3v) is 2.75. The van der Waals surface area contributed by atoms with Crippen LogP contribution in [-0.4, -0.2) is 21.0 Å². The van der Waals surface area contributed by atoms with Crippen molar-refractivity contribution in [2.24, 2.45) is 0 Å². The van der Waals surface area contributed by atoms with Gasteiger partial charge in [0.1, 0.15) is 11.4 Å². The van der Waals surface area contributed by atoms with Crippen LogP contribution in [0.1, 0.15) is 23.0 Å². The minimum atomic E-state index is -1.52. The number of nitro benzene ring substituents is 1.